The average molecular weight is 150 g/mol. The maximum Gasteiger partial charge on any atom is 0.0319 e. The third kappa shape index (κ3) is 2.75. The molecule has 0 saturated carbocycles. The summed E-state index contributed by atoms with van der Waals surface area (Å²) in [6, 6.07) is 7.65. The van der Waals surface area contributed by atoms with Crippen LogP contribution in [0.5, 0.6) is 0 Å². The van der Waals surface area contributed by atoms with Crippen LogP contribution in [0.15, 0.2) is 24.3 Å². The highest BCUT2D eigenvalue weighted by Gasteiger charge is 1.95. The van der Waals surface area contributed by atoms with Crippen LogP contribution in [0, 0.1) is 12.8 Å². The van der Waals surface area contributed by atoms with Gasteiger partial charge in [-0.15, -0.1) is 0 Å². The zero-order valence-electron chi connectivity index (χ0n) is 9.39. The summed E-state index contributed by atoms with van der Waals surface area (Å²) in [6.45, 7) is 5.81. The summed E-state index contributed by atoms with van der Waals surface area (Å²) in [5.41, 5.74) is 1.94. The zero-order valence-corrected chi connectivity index (χ0v) is 7.39. The van der Waals surface area contributed by atoms with Crippen LogP contribution in [-0.2, 0) is 6.37 Å². The molecule has 0 N–H and O–H groups in total. The predicted molar refractivity (Wildman–Crippen MR) is 49.7 cm³/mol. The van der Waals surface area contributed by atoms with Crippen molar-refractivity contribution in [1.29, 1.82) is 0 Å². The van der Waals surface area contributed by atoms with Gasteiger partial charge in [0.05, 0.1) is 0 Å². The SMILES string of the molecule is [2H]C([2H])(c1ccc(C)cc1)C(C)C. The van der Waals surface area contributed by atoms with Crippen LogP contribution in [0.2, 0.25) is 0 Å². The lowest BCUT2D eigenvalue weighted by Gasteiger charge is -2.04. The highest BCUT2D eigenvalue weighted by molar-refractivity contribution is 5.21. The molecule has 0 fully saturated rings. The molecule has 0 nitrogen and oxygen atoms in total. The highest BCUT2D eigenvalue weighted by Crippen LogP contribution is 2.08. The molecule has 0 amide bonds. The van der Waals surface area contributed by atoms with Crippen LogP contribution < -0.4 is 0 Å². The summed E-state index contributed by atoms with van der Waals surface area (Å²) in [4.78, 5) is 0. The number of rotatable bonds is 2. The molecule has 0 aliphatic carbocycles. The smallest absolute Gasteiger partial charge is 0.0319 e. The first-order valence-electron chi connectivity index (χ1n) is 5.01. The fraction of sp³-hybridized carbons (Fsp3) is 0.455. The van der Waals surface area contributed by atoms with Crippen molar-refractivity contribution in [3.63, 3.8) is 0 Å². The second-order valence-corrected chi connectivity index (χ2v) is 3.17. The van der Waals surface area contributed by atoms with Crippen molar-refractivity contribution in [2.24, 2.45) is 5.92 Å². The van der Waals surface area contributed by atoms with E-state index in [2.05, 4.69) is 0 Å². The first kappa shape index (κ1) is 5.82. The van der Waals surface area contributed by atoms with Gasteiger partial charge in [-0.1, -0.05) is 43.7 Å². The predicted octanol–water partition coefficient (Wildman–Crippen LogP) is 3.19. The van der Waals surface area contributed by atoms with Crippen LogP contribution in [-0.4, -0.2) is 0 Å². The van der Waals surface area contributed by atoms with Gasteiger partial charge in [-0.25, -0.2) is 0 Å². The maximum absolute atomic E-state index is 7.86. The number of aryl methyl sites for hydroxylation is 1. The molecule has 0 heteroatoms. The molecule has 0 atom stereocenters. The van der Waals surface area contributed by atoms with E-state index in [9.17, 15) is 0 Å². The molecule has 60 valence electrons. The van der Waals surface area contributed by atoms with E-state index in [0.29, 0.717) is 0 Å². The molecule has 1 aromatic carbocycles. The van der Waals surface area contributed by atoms with Crippen LogP contribution in [0.25, 0.3) is 0 Å². The fourth-order valence-corrected chi connectivity index (χ4v) is 0.983. The van der Waals surface area contributed by atoms with E-state index in [-0.39, 0.29) is 5.92 Å². The van der Waals surface area contributed by atoms with Crippen molar-refractivity contribution in [2.75, 3.05) is 0 Å². The summed E-state index contributed by atoms with van der Waals surface area (Å²) in [5.74, 6) is 0.00945. The van der Waals surface area contributed by atoms with Gasteiger partial charge in [0, 0.05) is 2.74 Å². The van der Waals surface area contributed by atoms with Crippen LogP contribution in [0.3, 0.4) is 0 Å². The van der Waals surface area contributed by atoms with E-state index in [1.807, 2.05) is 45.0 Å². The Kier molecular flexibility index (Phi) is 1.89. The van der Waals surface area contributed by atoms with E-state index in [4.69, 9.17) is 2.74 Å². The topological polar surface area (TPSA) is 0 Å². The lowest BCUT2D eigenvalue weighted by Crippen LogP contribution is -1.93. The van der Waals surface area contributed by atoms with Gasteiger partial charge < -0.3 is 0 Å². The first-order chi connectivity index (χ1) is 5.94. The first-order valence-corrected chi connectivity index (χ1v) is 4.01. The third-order valence-electron chi connectivity index (χ3n) is 1.51. The molecule has 0 heterocycles. The van der Waals surface area contributed by atoms with Gasteiger partial charge in [0.2, 0.25) is 0 Å². The summed E-state index contributed by atoms with van der Waals surface area (Å²) in [6.07, 6.45) is -1.21. The Morgan fingerprint density at radius 3 is 2.27 bits per heavy atom. The van der Waals surface area contributed by atoms with Crippen molar-refractivity contribution in [3.8, 4) is 0 Å². The molecule has 0 aliphatic rings. The lowest BCUT2D eigenvalue weighted by atomic mass is 10.0. The molecule has 0 aromatic heterocycles. The van der Waals surface area contributed by atoms with Crippen molar-refractivity contribution < 1.29 is 2.74 Å². The third-order valence-corrected chi connectivity index (χ3v) is 1.51. The van der Waals surface area contributed by atoms with Crippen LogP contribution in [0.4, 0.5) is 0 Å². The minimum Gasteiger partial charge on any atom is -0.0625 e. The molecule has 0 saturated heterocycles. The summed E-state index contributed by atoms with van der Waals surface area (Å²) in [7, 11) is 0. The molecule has 0 spiro atoms. The summed E-state index contributed by atoms with van der Waals surface area (Å²) in [5, 5.41) is 0. The van der Waals surface area contributed by atoms with Gasteiger partial charge in [0.15, 0.2) is 0 Å². The van der Waals surface area contributed by atoms with E-state index >= 15 is 0 Å². The molecular weight excluding hydrogens is 132 g/mol. The monoisotopic (exact) mass is 150 g/mol. The van der Waals surface area contributed by atoms with Crippen molar-refractivity contribution in [3.05, 3.63) is 35.4 Å². The highest BCUT2D eigenvalue weighted by atomic mass is 14.0. The number of hydrogen-bond donors (Lipinski definition) is 0. The second-order valence-electron chi connectivity index (χ2n) is 3.17. The normalized spacial score (nSPS) is 14.5. The average Bonchev–Trinajstić information content (AvgIpc) is 2.04. The Hall–Kier alpha value is -0.780. The minimum absolute atomic E-state index is 0.00945. The molecular formula is C11H16. The van der Waals surface area contributed by atoms with Gasteiger partial charge in [-0.2, -0.15) is 0 Å². The summed E-state index contributed by atoms with van der Waals surface area (Å²) < 4.78 is 15.7. The Morgan fingerprint density at radius 1 is 1.27 bits per heavy atom. The van der Waals surface area contributed by atoms with E-state index in [0.717, 1.165) is 5.56 Å². The Balaban J connectivity index is 3.01. The standard InChI is InChI=1S/C11H16/c1-9(2)8-11-6-4-10(3)5-7-11/h4-7,9H,8H2,1-3H3/i8D2. The van der Waals surface area contributed by atoms with Gasteiger partial charge in [0.25, 0.3) is 0 Å². The molecule has 0 unspecified atom stereocenters. The molecule has 1 rings (SSSR count). The van der Waals surface area contributed by atoms with Gasteiger partial charge in [-0.05, 0) is 24.8 Å². The molecule has 0 aliphatic heterocycles. The van der Waals surface area contributed by atoms with E-state index in [1.54, 1.807) is 0 Å². The minimum atomic E-state index is -1.21. The Morgan fingerprint density at radius 2 is 1.82 bits per heavy atom. The largest absolute Gasteiger partial charge is 0.0625 e. The summed E-state index contributed by atoms with van der Waals surface area (Å²) >= 11 is 0. The quantitative estimate of drug-likeness (QED) is 0.607. The van der Waals surface area contributed by atoms with Crippen molar-refractivity contribution in [2.45, 2.75) is 27.1 Å². The van der Waals surface area contributed by atoms with Crippen molar-refractivity contribution >= 4 is 0 Å². The second kappa shape index (κ2) is 3.56. The molecule has 1 aromatic rings. The number of benzene rings is 1. The van der Waals surface area contributed by atoms with Gasteiger partial charge in [-0.3, -0.25) is 0 Å². The maximum atomic E-state index is 7.86. The van der Waals surface area contributed by atoms with Crippen LogP contribution in [0.1, 0.15) is 27.7 Å². The van der Waals surface area contributed by atoms with Gasteiger partial charge in [0.1, 0.15) is 0 Å². The number of hydrogen-bond acceptors (Lipinski definition) is 0. The van der Waals surface area contributed by atoms with Crippen molar-refractivity contribution in [1.82, 2.24) is 0 Å². The van der Waals surface area contributed by atoms with Gasteiger partial charge >= 0.3 is 0 Å². The molecule has 11 heavy (non-hydrogen) atoms. The van der Waals surface area contributed by atoms with E-state index in [1.165, 1.54) is 5.56 Å². The molecule has 0 radical (unpaired) electrons. The Labute approximate surface area is 72.1 Å². The van der Waals surface area contributed by atoms with Crippen LogP contribution >= 0.6 is 0 Å². The van der Waals surface area contributed by atoms with E-state index < -0.39 is 6.37 Å². The zero-order chi connectivity index (χ0) is 10.1. The fourth-order valence-electron chi connectivity index (χ4n) is 0.983. The Bertz CT molecular complexity index is 273. The molecule has 0 bridgehead atoms. The lowest BCUT2D eigenvalue weighted by molar-refractivity contribution is 0.647.